The van der Waals surface area contributed by atoms with Crippen LogP contribution in [0.25, 0.3) is 6.08 Å². The van der Waals surface area contributed by atoms with Crippen molar-refractivity contribution in [2.75, 3.05) is 7.11 Å². The Morgan fingerprint density at radius 2 is 1.33 bits per heavy atom. The van der Waals surface area contributed by atoms with Crippen molar-refractivity contribution in [2.45, 2.75) is 78.8 Å². The Morgan fingerprint density at radius 1 is 0.889 bits per heavy atom. The van der Waals surface area contributed by atoms with Crippen LogP contribution in [0, 0.1) is 0 Å². The first-order chi connectivity index (χ1) is 12.8. The van der Waals surface area contributed by atoms with Gasteiger partial charge >= 0.3 is 167 Å². The summed E-state index contributed by atoms with van der Waals surface area (Å²) in [5.41, 5.74) is 0.633. The van der Waals surface area contributed by atoms with E-state index >= 15 is 0 Å². The molecule has 0 unspecified atom stereocenters. The monoisotopic (exact) mass is 492 g/mol. The van der Waals surface area contributed by atoms with Gasteiger partial charge in [-0.1, -0.05) is 0 Å². The molecule has 0 aromatic heterocycles. The average molecular weight is 491 g/mol. The molecular formula is C22H35F3OSn. The fraction of sp³-hybridized carbons (Fsp3) is 0.636. The quantitative estimate of drug-likeness (QED) is 0.269. The molecule has 0 aliphatic heterocycles. The Morgan fingerprint density at radius 3 is 1.67 bits per heavy atom. The van der Waals surface area contributed by atoms with Crippen LogP contribution in [0.5, 0.6) is 5.75 Å². The third kappa shape index (κ3) is 7.71. The Kier molecular flexibility index (Phi) is 10.9. The number of hydrogen-bond acceptors (Lipinski definition) is 1. The van der Waals surface area contributed by atoms with E-state index in [1.807, 2.05) is 0 Å². The second-order valence-corrected chi connectivity index (χ2v) is 20.5. The van der Waals surface area contributed by atoms with Gasteiger partial charge in [-0.3, -0.25) is 0 Å². The first-order valence-electron chi connectivity index (χ1n) is 10.3. The van der Waals surface area contributed by atoms with E-state index < -0.39 is 24.6 Å². The summed E-state index contributed by atoms with van der Waals surface area (Å²) in [6.45, 7) is 6.24. The molecule has 27 heavy (non-hydrogen) atoms. The van der Waals surface area contributed by atoms with E-state index in [0.29, 0.717) is 11.3 Å². The maximum absolute atomic E-state index is 14.3. The minimum absolute atomic E-state index is 0.141. The molecule has 0 atom stereocenters. The summed E-state index contributed by atoms with van der Waals surface area (Å²) in [5, 5.41) is 0. The molecule has 0 heterocycles. The Hall–Kier alpha value is -0.651. The molecule has 0 saturated carbocycles. The molecular weight excluding hydrogens is 456 g/mol. The SMILES string of the molecule is CCC[CH2][Sn]([CH2]CCC)([CH2]CCC)/[C](=C/c1ccc(OC)cc1)C(F)(F)F. The Balaban J connectivity index is 3.43. The van der Waals surface area contributed by atoms with E-state index in [0.717, 1.165) is 51.8 Å². The number of methoxy groups -OCH3 is 1. The number of benzene rings is 1. The van der Waals surface area contributed by atoms with Gasteiger partial charge in [-0.05, 0) is 0 Å². The Bertz CT molecular complexity index is 542. The molecule has 0 saturated heterocycles. The van der Waals surface area contributed by atoms with Crippen LogP contribution in [-0.4, -0.2) is 31.7 Å². The molecule has 0 aliphatic carbocycles. The van der Waals surface area contributed by atoms with Crippen molar-refractivity contribution in [2.24, 2.45) is 0 Å². The molecule has 1 aromatic carbocycles. The van der Waals surface area contributed by atoms with Crippen LogP contribution >= 0.6 is 0 Å². The van der Waals surface area contributed by atoms with Crippen molar-refractivity contribution in [3.8, 4) is 5.75 Å². The number of unbranched alkanes of at least 4 members (excludes halogenated alkanes) is 3. The van der Waals surface area contributed by atoms with Gasteiger partial charge in [-0.15, -0.1) is 0 Å². The second-order valence-electron chi connectivity index (χ2n) is 7.42. The normalized spacial score (nSPS) is 13.1. The molecule has 0 radical (unpaired) electrons. The minimum atomic E-state index is -4.23. The summed E-state index contributed by atoms with van der Waals surface area (Å²) in [6, 6.07) is 6.95. The topological polar surface area (TPSA) is 9.23 Å². The van der Waals surface area contributed by atoms with Crippen molar-refractivity contribution in [1.29, 1.82) is 0 Å². The molecule has 0 amide bonds. The molecule has 0 N–H and O–H groups in total. The predicted molar refractivity (Wildman–Crippen MR) is 112 cm³/mol. The molecule has 0 spiro atoms. The molecule has 1 aromatic rings. The van der Waals surface area contributed by atoms with E-state index in [9.17, 15) is 13.2 Å². The molecule has 0 bridgehead atoms. The van der Waals surface area contributed by atoms with Crippen LogP contribution in [0.1, 0.15) is 64.9 Å². The molecule has 1 nitrogen and oxygen atoms in total. The average Bonchev–Trinajstić information content (AvgIpc) is 2.66. The molecule has 0 aliphatic rings. The van der Waals surface area contributed by atoms with E-state index in [-0.39, 0.29) is 3.59 Å². The second kappa shape index (κ2) is 12.0. The van der Waals surface area contributed by atoms with Gasteiger partial charge in [0, 0.05) is 0 Å². The fourth-order valence-corrected chi connectivity index (χ4v) is 20.1. The van der Waals surface area contributed by atoms with E-state index in [2.05, 4.69) is 20.8 Å². The molecule has 0 fully saturated rings. The summed E-state index contributed by atoms with van der Waals surface area (Å²) in [7, 11) is 1.56. The van der Waals surface area contributed by atoms with Crippen molar-refractivity contribution >= 4 is 24.5 Å². The third-order valence-electron chi connectivity index (χ3n) is 5.33. The number of rotatable bonds is 12. The van der Waals surface area contributed by atoms with Crippen LogP contribution < -0.4 is 4.74 Å². The number of allylic oxidation sites excluding steroid dienone is 1. The number of alkyl halides is 3. The van der Waals surface area contributed by atoms with Crippen LogP contribution in [0.4, 0.5) is 13.2 Å². The van der Waals surface area contributed by atoms with Crippen molar-refractivity contribution < 1.29 is 17.9 Å². The Labute approximate surface area is 167 Å². The van der Waals surface area contributed by atoms with Crippen LogP contribution in [0.2, 0.25) is 13.3 Å². The van der Waals surface area contributed by atoms with E-state index in [4.69, 9.17) is 4.74 Å². The molecule has 5 heteroatoms. The zero-order valence-corrected chi connectivity index (χ0v) is 20.1. The van der Waals surface area contributed by atoms with Gasteiger partial charge in [0.05, 0.1) is 0 Å². The van der Waals surface area contributed by atoms with E-state index in [1.165, 1.54) is 6.08 Å². The van der Waals surface area contributed by atoms with Gasteiger partial charge < -0.3 is 0 Å². The molecule has 154 valence electrons. The predicted octanol–water partition coefficient (Wildman–Crippen LogP) is 8.03. The standard InChI is InChI=1S/C10H8F3O.3C4H9.Sn/c1-14-9-4-2-8(3-5-9)6-7-10(11,12)13;3*1-3-4-2;/h2-6H,1H3;3*1,3-4H2,2H3;. The third-order valence-corrected chi connectivity index (χ3v) is 21.0. The summed E-state index contributed by atoms with van der Waals surface area (Å²) in [5.74, 6) is 0.665. The summed E-state index contributed by atoms with van der Waals surface area (Å²) < 4.78 is 50.3. The van der Waals surface area contributed by atoms with Gasteiger partial charge in [-0.25, -0.2) is 0 Å². The fourth-order valence-electron chi connectivity index (χ4n) is 3.73. The molecule has 1 rings (SSSR count). The van der Waals surface area contributed by atoms with Gasteiger partial charge in [-0.2, -0.15) is 0 Å². The van der Waals surface area contributed by atoms with Gasteiger partial charge in [0.15, 0.2) is 0 Å². The van der Waals surface area contributed by atoms with Gasteiger partial charge in [0.2, 0.25) is 0 Å². The summed E-state index contributed by atoms with van der Waals surface area (Å²) in [4.78, 5) is 0. The first kappa shape index (κ1) is 24.4. The van der Waals surface area contributed by atoms with E-state index in [1.54, 1.807) is 31.4 Å². The van der Waals surface area contributed by atoms with Crippen molar-refractivity contribution in [3.05, 3.63) is 33.4 Å². The van der Waals surface area contributed by atoms with Crippen LogP contribution in [0.3, 0.4) is 0 Å². The zero-order chi connectivity index (χ0) is 20.3. The van der Waals surface area contributed by atoms with Gasteiger partial charge in [0.1, 0.15) is 0 Å². The van der Waals surface area contributed by atoms with Gasteiger partial charge in [0.25, 0.3) is 0 Å². The van der Waals surface area contributed by atoms with Crippen LogP contribution in [-0.2, 0) is 0 Å². The summed E-state index contributed by atoms with van der Waals surface area (Å²) in [6.07, 6.45) is 2.88. The van der Waals surface area contributed by atoms with Crippen molar-refractivity contribution in [1.82, 2.24) is 0 Å². The zero-order valence-electron chi connectivity index (χ0n) is 17.3. The first-order valence-corrected chi connectivity index (χ1v) is 17.7. The summed E-state index contributed by atoms with van der Waals surface area (Å²) >= 11 is -3.56. The van der Waals surface area contributed by atoms with Crippen molar-refractivity contribution in [3.63, 3.8) is 0 Å². The number of hydrogen-bond donors (Lipinski definition) is 0. The number of ether oxygens (including phenoxy) is 1. The maximum atomic E-state index is 14.3. The number of halogens is 3. The van der Waals surface area contributed by atoms with Crippen LogP contribution in [0.15, 0.2) is 27.9 Å².